The molecule has 0 atom stereocenters. The summed E-state index contributed by atoms with van der Waals surface area (Å²) in [5.74, 6) is 0.302. The molecule has 0 unspecified atom stereocenters. The van der Waals surface area contributed by atoms with Crippen molar-refractivity contribution in [2.75, 3.05) is 17.7 Å². The van der Waals surface area contributed by atoms with Gasteiger partial charge in [-0.2, -0.15) is 5.10 Å². The number of carbonyl (C=O) groups is 1. The Hall–Kier alpha value is -2.44. The molecular weight excluding hydrogens is 220 g/mol. The zero-order valence-electron chi connectivity index (χ0n) is 9.51. The smallest absolute Gasteiger partial charge is 0.275 e. The Kier molecular flexibility index (Phi) is 2.99. The molecule has 0 aromatic carbocycles. The standard InChI is InChI=1S/C10H12N6O/c1-11-9-5-12-8(4-13-9)10(17)15-7-3-14-16(2)6-7/h3-6H,1-2H3,(H,11,13)(H,15,17). The zero-order valence-corrected chi connectivity index (χ0v) is 9.51. The highest BCUT2D eigenvalue weighted by molar-refractivity contribution is 6.02. The zero-order chi connectivity index (χ0) is 12.3. The predicted octanol–water partition coefficient (Wildman–Crippen LogP) is 0.504. The lowest BCUT2D eigenvalue weighted by Gasteiger charge is -2.02. The van der Waals surface area contributed by atoms with Gasteiger partial charge in [-0.3, -0.25) is 9.48 Å². The van der Waals surface area contributed by atoms with Crippen LogP contribution in [-0.2, 0) is 7.05 Å². The van der Waals surface area contributed by atoms with Crippen LogP contribution < -0.4 is 10.6 Å². The van der Waals surface area contributed by atoms with Gasteiger partial charge in [-0.15, -0.1) is 0 Å². The van der Waals surface area contributed by atoms with E-state index in [-0.39, 0.29) is 11.6 Å². The van der Waals surface area contributed by atoms with Gasteiger partial charge in [0.25, 0.3) is 5.91 Å². The first kappa shape index (κ1) is 11.1. The molecule has 2 N–H and O–H groups in total. The number of carbonyl (C=O) groups excluding carboxylic acids is 1. The molecule has 7 nitrogen and oxygen atoms in total. The van der Waals surface area contributed by atoms with E-state index in [1.54, 1.807) is 31.2 Å². The van der Waals surface area contributed by atoms with E-state index < -0.39 is 0 Å². The molecule has 0 saturated heterocycles. The first-order valence-corrected chi connectivity index (χ1v) is 4.99. The molecule has 0 spiro atoms. The lowest BCUT2D eigenvalue weighted by molar-refractivity contribution is 0.102. The van der Waals surface area contributed by atoms with Gasteiger partial charge in [-0.25, -0.2) is 9.97 Å². The van der Waals surface area contributed by atoms with Gasteiger partial charge in [0.05, 0.1) is 24.3 Å². The van der Waals surface area contributed by atoms with Crippen LogP contribution >= 0.6 is 0 Å². The highest BCUT2D eigenvalue weighted by Gasteiger charge is 2.08. The van der Waals surface area contributed by atoms with Gasteiger partial charge in [0.2, 0.25) is 0 Å². The summed E-state index contributed by atoms with van der Waals surface area (Å²) in [5.41, 5.74) is 0.879. The van der Waals surface area contributed by atoms with E-state index >= 15 is 0 Å². The lowest BCUT2D eigenvalue weighted by atomic mass is 10.4. The predicted molar refractivity (Wildman–Crippen MR) is 62.7 cm³/mol. The van der Waals surface area contributed by atoms with Gasteiger partial charge in [-0.05, 0) is 0 Å². The molecule has 0 aliphatic rings. The summed E-state index contributed by atoms with van der Waals surface area (Å²) in [6.07, 6.45) is 6.18. The minimum absolute atomic E-state index is 0.257. The van der Waals surface area contributed by atoms with E-state index in [2.05, 4.69) is 25.7 Å². The number of nitrogens with zero attached hydrogens (tertiary/aromatic N) is 4. The fraction of sp³-hybridized carbons (Fsp3) is 0.200. The van der Waals surface area contributed by atoms with Gasteiger partial charge in [0.1, 0.15) is 11.5 Å². The average Bonchev–Trinajstić information content (AvgIpc) is 2.75. The van der Waals surface area contributed by atoms with Crippen LogP contribution in [0.25, 0.3) is 0 Å². The second-order valence-electron chi connectivity index (χ2n) is 3.39. The Balaban J connectivity index is 2.09. The number of hydrogen-bond acceptors (Lipinski definition) is 5. The van der Waals surface area contributed by atoms with E-state index in [0.29, 0.717) is 11.5 Å². The molecule has 88 valence electrons. The lowest BCUT2D eigenvalue weighted by Crippen LogP contribution is -2.13. The van der Waals surface area contributed by atoms with Crippen LogP contribution in [-0.4, -0.2) is 32.7 Å². The van der Waals surface area contributed by atoms with Crippen molar-refractivity contribution >= 4 is 17.4 Å². The summed E-state index contributed by atoms with van der Waals surface area (Å²) in [6.45, 7) is 0. The van der Waals surface area contributed by atoms with Crippen molar-refractivity contribution in [2.45, 2.75) is 0 Å². The maximum absolute atomic E-state index is 11.8. The molecule has 2 rings (SSSR count). The van der Waals surface area contributed by atoms with Gasteiger partial charge >= 0.3 is 0 Å². The van der Waals surface area contributed by atoms with E-state index in [0.717, 1.165) is 0 Å². The molecule has 0 radical (unpaired) electrons. The second kappa shape index (κ2) is 4.60. The molecule has 2 heterocycles. The fourth-order valence-corrected chi connectivity index (χ4v) is 1.26. The highest BCUT2D eigenvalue weighted by Crippen LogP contribution is 2.06. The number of amides is 1. The van der Waals surface area contributed by atoms with Crippen molar-refractivity contribution in [1.82, 2.24) is 19.7 Å². The largest absolute Gasteiger partial charge is 0.372 e. The Morgan fingerprint density at radius 2 is 2.12 bits per heavy atom. The molecule has 0 saturated carbocycles. The maximum Gasteiger partial charge on any atom is 0.275 e. The minimum Gasteiger partial charge on any atom is -0.372 e. The summed E-state index contributed by atoms with van der Waals surface area (Å²) in [7, 11) is 3.51. The van der Waals surface area contributed by atoms with E-state index in [1.807, 2.05) is 0 Å². The van der Waals surface area contributed by atoms with E-state index in [1.165, 1.54) is 12.4 Å². The molecule has 0 fully saturated rings. The van der Waals surface area contributed by atoms with Crippen LogP contribution in [0.2, 0.25) is 0 Å². The molecule has 0 aliphatic carbocycles. The van der Waals surface area contributed by atoms with Gasteiger partial charge in [0.15, 0.2) is 0 Å². The van der Waals surface area contributed by atoms with Crippen molar-refractivity contribution in [3.63, 3.8) is 0 Å². The number of aromatic nitrogens is 4. The van der Waals surface area contributed by atoms with Gasteiger partial charge < -0.3 is 10.6 Å². The quantitative estimate of drug-likeness (QED) is 0.805. The maximum atomic E-state index is 11.8. The van der Waals surface area contributed by atoms with Crippen molar-refractivity contribution in [3.8, 4) is 0 Å². The van der Waals surface area contributed by atoms with E-state index in [9.17, 15) is 4.79 Å². The first-order chi connectivity index (χ1) is 8.19. The molecule has 17 heavy (non-hydrogen) atoms. The molecule has 2 aromatic heterocycles. The number of rotatable bonds is 3. The summed E-state index contributed by atoms with van der Waals surface area (Å²) in [5, 5.41) is 9.45. The molecule has 2 aromatic rings. The van der Waals surface area contributed by atoms with Crippen molar-refractivity contribution in [1.29, 1.82) is 0 Å². The first-order valence-electron chi connectivity index (χ1n) is 4.99. The van der Waals surface area contributed by atoms with Crippen molar-refractivity contribution < 1.29 is 4.79 Å². The second-order valence-corrected chi connectivity index (χ2v) is 3.39. The monoisotopic (exact) mass is 232 g/mol. The Morgan fingerprint density at radius 3 is 2.65 bits per heavy atom. The van der Waals surface area contributed by atoms with Crippen LogP contribution in [0.3, 0.4) is 0 Å². The number of aryl methyl sites for hydroxylation is 1. The Labute approximate surface area is 97.9 Å². The van der Waals surface area contributed by atoms with E-state index in [4.69, 9.17) is 0 Å². The summed E-state index contributed by atoms with van der Waals surface area (Å²) < 4.78 is 1.60. The minimum atomic E-state index is -0.312. The third-order valence-corrected chi connectivity index (χ3v) is 2.10. The molecule has 0 aliphatic heterocycles. The summed E-state index contributed by atoms with van der Waals surface area (Å²) in [6, 6.07) is 0. The number of nitrogens with one attached hydrogen (secondary N) is 2. The molecule has 0 bridgehead atoms. The van der Waals surface area contributed by atoms with Crippen LogP contribution in [0, 0.1) is 0 Å². The number of anilines is 2. The third kappa shape index (κ3) is 2.57. The van der Waals surface area contributed by atoms with Gasteiger partial charge in [-0.1, -0.05) is 0 Å². The van der Waals surface area contributed by atoms with Crippen LogP contribution in [0.1, 0.15) is 10.5 Å². The molecular formula is C10H12N6O. The van der Waals surface area contributed by atoms with Crippen LogP contribution in [0.15, 0.2) is 24.8 Å². The molecule has 1 amide bonds. The topological polar surface area (TPSA) is 84.7 Å². The Morgan fingerprint density at radius 1 is 1.29 bits per heavy atom. The SMILES string of the molecule is CNc1cnc(C(=O)Nc2cnn(C)c2)cn1. The van der Waals surface area contributed by atoms with Crippen molar-refractivity contribution in [2.24, 2.45) is 7.05 Å². The normalized spacial score (nSPS) is 10.0. The highest BCUT2D eigenvalue weighted by atomic mass is 16.1. The summed E-state index contributed by atoms with van der Waals surface area (Å²) in [4.78, 5) is 19.7. The number of hydrogen-bond donors (Lipinski definition) is 2. The Bertz CT molecular complexity index is 518. The third-order valence-electron chi connectivity index (χ3n) is 2.10. The van der Waals surface area contributed by atoms with Crippen molar-refractivity contribution in [3.05, 3.63) is 30.5 Å². The van der Waals surface area contributed by atoms with Crippen LogP contribution in [0.5, 0.6) is 0 Å². The summed E-state index contributed by atoms with van der Waals surface area (Å²) >= 11 is 0. The van der Waals surface area contributed by atoms with Crippen LogP contribution in [0.4, 0.5) is 11.5 Å². The average molecular weight is 232 g/mol. The fourth-order valence-electron chi connectivity index (χ4n) is 1.26. The molecule has 7 heteroatoms. The van der Waals surface area contributed by atoms with Gasteiger partial charge in [0, 0.05) is 20.3 Å².